The lowest BCUT2D eigenvalue weighted by molar-refractivity contribution is 0.0695. The molecule has 0 aromatic heterocycles. The van der Waals surface area contributed by atoms with E-state index in [9.17, 15) is 4.79 Å². The Morgan fingerprint density at radius 2 is 1.85 bits per heavy atom. The van der Waals surface area contributed by atoms with Crippen molar-refractivity contribution in [1.82, 2.24) is 9.80 Å². The van der Waals surface area contributed by atoms with Crippen LogP contribution in [0.3, 0.4) is 0 Å². The Morgan fingerprint density at radius 1 is 1.06 bits per heavy atom. The van der Waals surface area contributed by atoms with Gasteiger partial charge in [0.05, 0.1) is 7.11 Å². The Kier molecular flexibility index (Phi) is 7.66. The molecule has 0 saturated carbocycles. The number of benzene rings is 2. The first-order valence-electron chi connectivity index (χ1n) is 11.8. The molecule has 0 radical (unpaired) electrons. The van der Waals surface area contributed by atoms with E-state index in [-0.39, 0.29) is 25.1 Å². The molecule has 3 aliphatic heterocycles. The standard InChI is InChI=1S/C26H32N2O4.ClH/c1-30-22-7-5-19(6-8-22)9-12-27-11-3-2-4-20(16-27)17-28-13-10-21-14-24-25(32-18-31-24)15-23(21)26(28)29;/h5-8,14-15,20H,2-4,9-13,16-18H2,1H3;1H. The third kappa shape index (κ3) is 5.39. The number of methoxy groups -OCH3 is 1. The molecule has 0 N–H and O–H groups in total. The lowest BCUT2D eigenvalue weighted by Gasteiger charge is -2.33. The van der Waals surface area contributed by atoms with Gasteiger partial charge in [0.25, 0.3) is 5.91 Å². The normalized spacial score (nSPS) is 20.1. The third-order valence-electron chi connectivity index (χ3n) is 6.97. The first kappa shape index (κ1) is 23.7. The SMILES string of the molecule is COc1ccc(CCN2CCCCC(CN3CCc4cc5c(cc4C3=O)OCO5)C2)cc1.Cl. The molecule has 1 fully saturated rings. The summed E-state index contributed by atoms with van der Waals surface area (Å²) in [6.45, 7) is 5.13. The summed E-state index contributed by atoms with van der Waals surface area (Å²) >= 11 is 0. The molecule has 3 heterocycles. The Labute approximate surface area is 202 Å². The molecule has 0 aliphatic carbocycles. The van der Waals surface area contributed by atoms with Gasteiger partial charge in [0.2, 0.25) is 6.79 Å². The van der Waals surface area contributed by atoms with Gasteiger partial charge in [0.15, 0.2) is 11.5 Å². The maximum Gasteiger partial charge on any atom is 0.254 e. The topological polar surface area (TPSA) is 51.2 Å². The number of hydrogen-bond acceptors (Lipinski definition) is 5. The maximum atomic E-state index is 13.2. The van der Waals surface area contributed by atoms with E-state index in [4.69, 9.17) is 14.2 Å². The molecule has 1 amide bonds. The lowest BCUT2D eigenvalue weighted by atomic mass is 9.96. The van der Waals surface area contributed by atoms with Gasteiger partial charge in [-0.1, -0.05) is 18.6 Å². The Balaban J connectivity index is 0.00000259. The van der Waals surface area contributed by atoms with Crippen molar-refractivity contribution in [2.45, 2.75) is 32.1 Å². The Hall–Kier alpha value is -2.44. The minimum Gasteiger partial charge on any atom is -0.497 e. The molecule has 2 aromatic rings. The first-order chi connectivity index (χ1) is 15.7. The quantitative estimate of drug-likeness (QED) is 0.631. The summed E-state index contributed by atoms with van der Waals surface area (Å²) in [7, 11) is 1.70. The average Bonchev–Trinajstić information content (AvgIpc) is 3.16. The van der Waals surface area contributed by atoms with Gasteiger partial charge in [0, 0.05) is 31.7 Å². The minimum absolute atomic E-state index is 0. The van der Waals surface area contributed by atoms with Crippen molar-refractivity contribution in [2.24, 2.45) is 5.92 Å². The molecule has 2 aromatic carbocycles. The van der Waals surface area contributed by atoms with Crippen LogP contribution in [0.4, 0.5) is 0 Å². The smallest absolute Gasteiger partial charge is 0.254 e. The lowest BCUT2D eigenvalue weighted by Crippen LogP contribution is -2.43. The predicted octanol–water partition coefficient (Wildman–Crippen LogP) is 4.19. The Bertz CT molecular complexity index is 966. The van der Waals surface area contributed by atoms with E-state index in [1.807, 2.05) is 24.3 Å². The average molecular weight is 473 g/mol. The molecule has 7 heteroatoms. The van der Waals surface area contributed by atoms with E-state index in [1.54, 1.807) is 7.11 Å². The van der Waals surface area contributed by atoms with Gasteiger partial charge in [-0.05, 0) is 73.5 Å². The van der Waals surface area contributed by atoms with Crippen LogP contribution in [0.2, 0.25) is 0 Å². The third-order valence-corrected chi connectivity index (χ3v) is 6.97. The highest BCUT2D eigenvalue weighted by Crippen LogP contribution is 2.37. The highest BCUT2D eigenvalue weighted by Gasteiger charge is 2.30. The number of halogens is 1. The van der Waals surface area contributed by atoms with Crippen LogP contribution >= 0.6 is 12.4 Å². The molecule has 0 spiro atoms. The molecule has 1 saturated heterocycles. The number of hydrogen-bond donors (Lipinski definition) is 0. The molecule has 33 heavy (non-hydrogen) atoms. The number of likely N-dealkylation sites (tertiary alicyclic amines) is 1. The van der Waals surface area contributed by atoms with Crippen molar-refractivity contribution >= 4 is 18.3 Å². The highest BCUT2D eigenvalue weighted by molar-refractivity contribution is 5.97. The number of ether oxygens (including phenoxy) is 3. The fraction of sp³-hybridized carbons (Fsp3) is 0.500. The van der Waals surface area contributed by atoms with Crippen LogP contribution in [0.1, 0.15) is 40.7 Å². The van der Waals surface area contributed by atoms with E-state index in [2.05, 4.69) is 21.9 Å². The number of fused-ring (bicyclic) bond motifs is 2. The van der Waals surface area contributed by atoms with Crippen LogP contribution in [-0.4, -0.2) is 62.3 Å². The van der Waals surface area contributed by atoms with Crippen molar-refractivity contribution in [3.8, 4) is 17.2 Å². The number of amides is 1. The number of nitrogens with zero attached hydrogens (tertiary/aromatic N) is 2. The van der Waals surface area contributed by atoms with Crippen LogP contribution in [0, 0.1) is 5.92 Å². The van der Waals surface area contributed by atoms with Crippen LogP contribution in [-0.2, 0) is 12.8 Å². The fourth-order valence-corrected chi connectivity index (χ4v) is 5.15. The second kappa shape index (κ2) is 10.7. The summed E-state index contributed by atoms with van der Waals surface area (Å²) in [4.78, 5) is 17.9. The van der Waals surface area contributed by atoms with Gasteiger partial charge in [-0.3, -0.25) is 4.79 Å². The summed E-state index contributed by atoms with van der Waals surface area (Å²) < 4.78 is 16.2. The maximum absolute atomic E-state index is 13.2. The zero-order valence-corrected chi connectivity index (χ0v) is 20.1. The van der Waals surface area contributed by atoms with Crippen molar-refractivity contribution < 1.29 is 19.0 Å². The monoisotopic (exact) mass is 472 g/mol. The highest BCUT2D eigenvalue weighted by atomic mass is 35.5. The Morgan fingerprint density at radius 3 is 2.64 bits per heavy atom. The number of carbonyl (C=O) groups is 1. The fourth-order valence-electron chi connectivity index (χ4n) is 5.15. The van der Waals surface area contributed by atoms with Gasteiger partial charge in [-0.2, -0.15) is 0 Å². The first-order valence-corrected chi connectivity index (χ1v) is 11.8. The number of carbonyl (C=O) groups excluding carboxylic acids is 1. The molecule has 3 aliphatic rings. The molecule has 178 valence electrons. The summed E-state index contributed by atoms with van der Waals surface area (Å²) in [5.41, 5.74) is 3.20. The second-order valence-corrected chi connectivity index (χ2v) is 9.12. The van der Waals surface area contributed by atoms with Crippen LogP contribution in [0.5, 0.6) is 17.2 Å². The van der Waals surface area contributed by atoms with Gasteiger partial charge >= 0.3 is 0 Å². The second-order valence-electron chi connectivity index (χ2n) is 9.12. The zero-order valence-electron chi connectivity index (χ0n) is 19.3. The summed E-state index contributed by atoms with van der Waals surface area (Å²) in [6, 6.07) is 12.2. The van der Waals surface area contributed by atoms with Gasteiger partial charge in [-0.15, -0.1) is 12.4 Å². The van der Waals surface area contributed by atoms with E-state index in [0.717, 1.165) is 68.2 Å². The molecule has 1 unspecified atom stereocenters. The van der Waals surface area contributed by atoms with Crippen LogP contribution in [0.25, 0.3) is 0 Å². The van der Waals surface area contributed by atoms with Crippen molar-refractivity contribution in [1.29, 1.82) is 0 Å². The van der Waals surface area contributed by atoms with Crippen molar-refractivity contribution in [3.05, 3.63) is 53.1 Å². The van der Waals surface area contributed by atoms with E-state index in [0.29, 0.717) is 11.7 Å². The largest absolute Gasteiger partial charge is 0.497 e. The van der Waals surface area contributed by atoms with Gasteiger partial charge < -0.3 is 24.0 Å². The molecule has 5 rings (SSSR count). The molecule has 0 bridgehead atoms. The van der Waals surface area contributed by atoms with E-state index in [1.165, 1.54) is 24.8 Å². The van der Waals surface area contributed by atoms with Crippen LogP contribution in [0.15, 0.2) is 36.4 Å². The minimum atomic E-state index is 0. The number of rotatable bonds is 6. The predicted molar refractivity (Wildman–Crippen MR) is 130 cm³/mol. The zero-order chi connectivity index (χ0) is 21.9. The van der Waals surface area contributed by atoms with Crippen molar-refractivity contribution in [3.63, 3.8) is 0 Å². The van der Waals surface area contributed by atoms with E-state index >= 15 is 0 Å². The van der Waals surface area contributed by atoms with E-state index < -0.39 is 0 Å². The van der Waals surface area contributed by atoms with Gasteiger partial charge in [-0.25, -0.2) is 0 Å². The van der Waals surface area contributed by atoms with Crippen molar-refractivity contribution in [2.75, 3.05) is 46.6 Å². The molecule has 1 atom stereocenters. The van der Waals surface area contributed by atoms with Gasteiger partial charge in [0.1, 0.15) is 5.75 Å². The summed E-state index contributed by atoms with van der Waals surface area (Å²) in [5.74, 6) is 3.02. The van der Waals surface area contributed by atoms with Crippen LogP contribution < -0.4 is 14.2 Å². The molecule has 6 nitrogen and oxygen atoms in total. The summed E-state index contributed by atoms with van der Waals surface area (Å²) in [5, 5.41) is 0. The molecular weight excluding hydrogens is 440 g/mol. The summed E-state index contributed by atoms with van der Waals surface area (Å²) in [6.07, 6.45) is 5.59. The molecular formula is C26H33ClN2O4.